The maximum atomic E-state index is 2.40. The normalized spacial score (nSPS) is 11.1. The molecule has 0 fully saturated rings. The lowest BCUT2D eigenvalue weighted by Gasteiger charge is -2.28. The minimum atomic E-state index is 0.937. The lowest BCUT2D eigenvalue weighted by Crippen LogP contribution is -2.12. The summed E-state index contributed by atoms with van der Waals surface area (Å²) in [4.78, 5) is 4.64. The second kappa shape index (κ2) is 10.7. The van der Waals surface area contributed by atoms with Crippen LogP contribution < -0.4 is 9.80 Å². The maximum Gasteiger partial charge on any atom is 0.0492 e. The van der Waals surface area contributed by atoms with Crippen LogP contribution in [0.1, 0.15) is 6.92 Å². The van der Waals surface area contributed by atoms with Gasteiger partial charge in [-0.15, -0.1) is 0 Å². The Hall–Kier alpha value is -5.28. The van der Waals surface area contributed by atoms with Crippen molar-refractivity contribution in [1.82, 2.24) is 4.57 Å². The fourth-order valence-corrected chi connectivity index (χ4v) is 5.90. The molecule has 0 atom stereocenters. The number of para-hydroxylation sites is 4. The van der Waals surface area contributed by atoms with Crippen molar-refractivity contribution in [2.24, 2.45) is 0 Å². The van der Waals surface area contributed by atoms with Gasteiger partial charge >= 0.3 is 0 Å². The Kier molecular flexibility index (Phi) is 6.46. The van der Waals surface area contributed by atoms with Gasteiger partial charge in [-0.1, -0.05) is 72.8 Å². The summed E-state index contributed by atoms with van der Waals surface area (Å²) in [5.41, 5.74) is 9.29. The van der Waals surface area contributed by atoms with Crippen molar-refractivity contribution < 1.29 is 0 Å². The molecule has 1 aromatic heterocycles. The minimum absolute atomic E-state index is 0.937. The lowest BCUT2D eigenvalue weighted by atomic mass is 10.1. The summed E-state index contributed by atoms with van der Waals surface area (Å²) in [5, 5.41) is 2.56. The molecule has 3 heteroatoms. The van der Waals surface area contributed by atoms with Crippen LogP contribution in [0.3, 0.4) is 0 Å². The minimum Gasteiger partial charge on any atom is -0.341 e. The van der Waals surface area contributed by atoms with Crippen molar-refractivity contribution in [3.8, 4) is 0 Å². The molecular weight excluding hydrogens is 498 g/mol. The van der Waals surface area contributed by atoms with Crippen molar-refractivity contribution in [2.45, 2.75) is 13.5 Å². The Bertz CT molecular complexity index is 1870. The molecular formula is C38H31N3. The lowest BCUT2D eigenvalue weighted by molar-refractivity contribution is 0.827. The number of aryl methyl sites for hydroxylation is 1. The van der Waals surface area contributed by atoms with Gasteiger partial charge in [0.1, 0.15) is 0 Å². The number of benzene rings is 6. The van der Waals surface area contributed by atoms with Gasteiger partial charge in [0.25, 0.3) is 0 Å². The van der Waals surface area contributed by atoms with Crippen LogP contribution >= 0.6 is 0 Å². The highest BCUT2D eigenvalue weighted by molar-refractivity contribution is 6.09. The quantitative estimate of drug-likeness (QED) is 0.203. The van der Waals surface area contributed by atoms with Gasteiger partial charge in [0.15, 0.2) is 0 Å². The molecule has 6 aromatic carbocycles. The Balaban J connectivity index is 1.35. The third-order valence-corrected chi connectivity index (χ3v) is 7.74. The summed E-state index contributed by atoms with van der Waals surface area (Å²) < 4.78 is 2.40. The molecule has 0 bridgehead atoms. The Morgan fingerprint density at radius 1 is 0.390 bits per heavy atom. The van der Waals surface area contributed by atoms with Crippen LogP contribution in [0.4, 0.5) is 34.1 Å². The molecule has 0 amide bonds. The van der Waals surface area contributed by atoms with Crippen molar-refractivity contribution >= 4 is 55.9 Å². The van der Waals surface area contributed by atoms with E-state index >= 15 is 0 Å². The zero-order valence-electron chi connectivity index (χ0n) is 23.1. The molecule has 0 aliphatic carbocycles. The third-order valence-electron chi connectivity index (χ3n) is 7.74. The zero-order chi connectivity index (χ0) is 27.6. The Morgan fingerprint density at radius 2 is 0.780 bits per heavy atom. The van der Waals surface area contributed by atoms with Crippen LogP contribution in [-0.2, 0) is 6.54 Å². The summed E-state index contributed by atoms with van der Waals surface area (Å²) in [5.74, 6) is 0. The van der Waals surface area contributed by atoms with E-state index in [2.05, 4.69) is 179 Å². The molecule has 7 aromatic rings. The molecule has 0 aliphatic rings. The second-order valence-corrected chi connectivity index (χ2v) is 10.2. The molecule has 0 saturated carbocycles. The van der Waals surface area contributed by atoms with Crippen LogP contribution in [0, 0.1) is 0 Å². The number of rotatable bonds is 7. The first-order valence-corrected chi connectivity index (χ1v) is 14.2. The van der Waals surface area contributed by atoms with Crippen molar-refractivity contribution in [3.63, 3.8) is 0 Å². The molecule has 0 saturated heterocycles. The third kappa shape index (κ3) is 4.52. The van der Waals surface area contributed by atoms with Crippen LogP contribution in [0.25, 0.3) is 21.8 Å². The van der Waals surface area contributed by atoms with E-state index in [-0.39, 0.29) is 0 Å². The van der Waals surface area contributed by atoms with E-state index in [0.29, 0.717) is 0 Å². The highest BCUT2D eigenvalue weighted by Gasteiger charge is 2.17. The summed E-state index contributed by atoms with van der Waals surface area (Å²) >= 11 is 0. The summed E-state index contributed by atoms with van der Waals surface area (Å²) in [6.07, 6.45) is 0. The van der Waals surface area contributed by atoms with E-state index in [1.54, 1.807) is 0 Å². The SMILES string of the molecule is CCn1c2ccccc2c2cc(N(c3ccccc3)c3ccc(N(c4ccccc4)c4ccccc4)cc3)ccc21. The first-order chi connectivity index (χ1) is 20.3. The van der Waals surface area contributed by atoms with Crippen molar-refractivity contribution in [1.29, 1.82) is 0 Å². The van der Waals surface area contributed by atoms with Gasteiger partial charge in [0, 0.05) is 62.5 Å². The van der Waals surface area contributed by atoms with Gasteiger partial charge in [-0.05, 0) is 91.9 Å². The maximum absolute atomic E-state index is 2.40. The molecule has 41 heavy (non-hydrogen) atoms. The second-order valence-electron chi connectivity index (χ2n) is 10.2. The molecule has 0 spiro atoms. The predicted octanol–water partition coefficient (Wildman–Crippen LogP) is 10.8. The first kappa shape index (κ1) is 24.7. The van der Waals surface area contributed by atoms with Crippen LogP contribution in [0.2, 0.25) is 0 Å². The monoisotopic (exact) mass is 529 g/mol. The van der Waals surface area contributed by atoms with E-state index in [4.69, 9.17) is 0 Å². The summed E-state index contributed by atoms with van der Waals surface area (Å²) in [6, 6.07) is 56.1. The van der Waals surface area contributed by atoms with Crippen molar-refractivity contribution in [3.05, 3.63) is 158 Å². The highest BCUT2D eigenvalue weighted by atomic mass is 15.2. The first-order valence-electron chi connectivity index (χ1n) is 14.2. The van der Waals surface area contributed by atoms with Crippen LogP contribution in [0.15, 0.2) is 158 Å². The molecule has 7 rings (SSSR count). The Labute approximate surface area is 241 Å². The van der Waals surface area contributed by atoms with E-state index in [1.165, 1.54) is 21.8 Å². The fourth-order valence-electron chi connectivity index (χ4n) is 5.90. The van der Waals surface area contributed by atoms with Gasteiger partial charge < -0.3 is 14.4 Å². The van der Waals surface area contributed by atoms with E-state index in [1.807, 2.05) is 0 Å². The molecule has 198 valence electrons. The summed E-state index contributed by atoms with van der Waals surface area (Å²) in [6.45, 7) is 3.15. The number of hydrogen-bond acceptors (Lipinski definition) is 2. The average Bonchev–Trinajstić information content (AvgIpc) is 3.37. The van der Waals surface area contributed by atoms with Crippen LogP contribution in [-0.4, -0.2) is 4.57 Å². The predicted molar refractivity (Wildman–Crippen MR) is 174 cm³/mol. The standard InChI is InChI=1S/C38H31N3/c1-2-39-37-21-13-12-20-35(37)36-28-34(26-27-38(36)39)41(31-18-10-5-11-19-31)33-24-22-32(23-25-33)40(29-14-6-3-7-15-29)30-16-8-4-9-17-30/h3-28H,2H2,1H3. The smallest absolute Gasteiger partial charge is 0.0492 e. The zero-order valence-corrected chi connectivity index (χ0v) is 23.1. The van der Waals surface area contributed by atoms with Gasteiger partial charge in [-0.2, -0.15) is 0 Å². The average molecular weight is 530 g/mol. The van der Waals surface area contributed by atoms with Gasteiger partial charge in [0.2, 0.25) is 0 Å². The van der Waals surface area contributed by atoms with Crippen LogP contribution in [0.5, 0.6) is 0 Å². The highest BCUT2D eigenvalue weighted by Crippen LogP contribution is 2.40. The largest absolute Gasteiger partial charge is 0.341 e. The van der Waals surface area contributed by atoms with E-state index < -0.39 is 0 Å². The fraction of sp³-hybridized carbons (Fsp3) is 0.0526. The number of fused-ring (bicyclic) bond motifs is 3. The molecule has 0 unspecified atom stereocenters. The number of aromatic nitrogens is 1. The molecule has 0 N–H and O–H groups in total. The van der Waals surface area contributed by atoms with E-state index in [0.717, 1.165) is 40.7 Å². The number of anilines is 6. The molecule has 3 nitrogen and oxygen atoms in total. The summed E-state index contributed by atoms with van der Waals surface area (Å²) in [7, 11) is 0. The van der Waals surface area contributed by atoms with Gasteiger partial charge in [-0.25, -0.2) is 0 Å². The Morgan fingerprint density at radius 3 is 1.29 bits per heavy atom. The molecule has 0 aliphatic heterocycles. The molecule has 0 radical (unpaired) electrons. The van der Waals surface area contributed by atoms with Gasteiger partial charge in [-0.3, -0.25) is 0 Å². The number of nitrogens with zero attached hydrogens (tertiary/aromatic N) is 3. The number of hydrogen-bond donors (Lipinski definition) is 0. The van der Waals surface area contributed by atoms with Gasteiger partial charge in [0.05, 0.1) is 0 Å². The van der Waals surface area contributed by atoms with E-state index in [9.17, 15) is 0 Å². The topological polar surface area (TPSA) is 11.4 Å². The molecule has 1 heterocycles. The van der Waals surface area contributed by atoms with Crippen molar-refractivity contribution in [2.75, 3.05) is 9.80 Å².